The molecule has 11 nitrogen and oxygen atoms in total. The lowest BCUT2D eigenvalue weighted by atomic mass is 10.1. The van der Waals surface area contributed by atoms with Crippen molar-refractivity contribution >= 4 is 34.4 Å². The highest BCUT2D eigenvalue weighted by atomic mass is 16.1. The van der Waals surface area contributed by atoms with Crippen molar-refractivity contribution < 1.29 is 4.79 Å². The molecule has 2 fully saturated rings. The van der Waals surface area contributed by atoms with Crippen LogP contribution in [0.2, 0.25) is 0 Å². The second kappa shape index (κ2) is 10.7. The first-order valence-electron chi connectivity index (χ1n) is 14.8. The molecule has 1 amide bonds. The van der Waals surface area contributed by atoms with Gasteiger partial charge in [-0.15, -0.1) is 0 Å². The molecule has 5 aromatic rings. The Balaban J connectivity index is 1.18. The molecule has 1 saturated carbocycles. The maximum atomic E-state index is 12.6. The number of hydrogen-bond acceptors (Lipinski definition) is 8. The molecule has 4 heterocycles. The summed E-state index contributed by atoms with van der Waals surface area (Å²) in [6.45, 7) is 6.48. The highest BCUT2D eigenvalue weighted by Crippen LogP contribution is 2.26. The number of carbonyl (C=O) groups is 1. The number of hydrogen-bond donors (Lipinski definition) is 3. The van der Waals surface area contributed by atoms with E-state index < -0.39 is 0 Å². The predicted molar refractivity (Wildman–Crippen MR) is 163 cm³/mol. The number of rotatable bonds is 8. The van der Waals surface area contributed by atoms with Crippen molar-refractivity contribution in [3.05, 3.63) is 71.5 Å². The highest BCUT2D eigenvalue weighted by molar-refractivity contribution is 5.98. The minimum Gasteiger partial charge on any atom is -0.350 e. The van der Waals surface area contributed by atoms with E-state index in [4.69, 9.17) is 20.8 Å². The van der Waals surface area contributed by atoms with Crippen molar-refractivity contribution in [1.29, 1.82) is 0 Å². The van der Waals surface area contributed by atoms with Gasteiger partial charge in [-0.3, -0.25) is 4.79 Å². The highest BCUT2D eigenvalue weighted by Gasteiger charge is 2.24. The van der Waals surface area contributed by atoms with Crippen molar-refractivity contribution in [2.45, 2.75) is 64.1 Å². The largest absolute Gasteiger partial charge is 0.350 e. The average Bonchev–Trinajstić information content (AvgIpc) is 3.53. The summed E-state index contributed by atoms with van der Waals surface area (Å²) in [6.07, 6.45) is 7.83. The van der Waals surface area contributed by atoms with E-state index >= 15 is 0 Å². The molecule has 216 valence electrons. The van der Waals surface area contributed by atoms with E-state index in [9.17, 15) is 4.79 Å². The van der Waals surface area contributed by atoms with Gasteiger partial charge < -0.3 is 21.3 Å². The first-order chi connectivity index (χ1) is 20.4. The van der Waals surface area contributed by atoms with Crippen LogP contribution in [0.15, 0.2) is 54.9 Å². The summed E-state index contributed by atoms with van der Waals surface area (Å²) < 4.78 is 3.68. The number of aromatic nitrogens is 6. The molecule has 1 saturated heterocycles. The SMILES string of the molecule is CC(C)c1cnn2c(NCc3ccccc3-n3cc4cc(C(=O)NC5CC5)ccc4n3)nc(N3CCC(N)CC3)nc12. The molecular formula is C31H36N10O. The van der Waals surface area contributed by atoms with Crippen LogP contribution in [0.1, 0.15) is 66.9 Å². The molecule has 2 aromatic carbocycles. The fraction of sp³-hybridized carbons (Fsp3) is 0.387. The molecule has 2 aliphatic rings. The minimum atomic E-state index is -0.0288. The Labute approximate surface area is 244 Å². The monoisotopic (exact) mass is 564 g/mol. The molecule has 3 aromatic heterocycles. The zero-order valence-electron chi connectivity index (χ0n) is 24.0. The van der Waals surface area contributed by atoms with Crippen molar-refractivity contribution in [1.82, 2.24) is 34.7 Å². The van der Waals surface area contributed by atoms with Crippen LogP contribution >= 0.6 is 0 Å². The molecule has 42 heavy (non-hydrogen) atoms. The number of nitrogens with zero attached hydrogens (tertiary/aromatic N) is 7. The van der Waals surface area contributed by atoms with Crippen LogP contribution < -0.4 is 21.3 Å². The van der Waals surface area contributed by atoms with Gasteiger partial charge in [0.15, 0.2) is 5.65 Å². The Hall–Kier alpha value is -4.51. The maximum absolute atomic E-state index is 12.6. The van der Waals surface area contributed by atoms with Gasteiger partial charge in [-0.1, -0.05) is 32.0 Å². The standard InChI is InChI=1S/C31H36N10O/c1-19(2)25-17-34-41-28(25)36-31(39-13-11-23(32)12-14-39)37-30(41)33-16-21-5-3-4-6-27(21)40-18-22-15-20(7-10-26(22)38-40)29(42)35-24-8-9-24/h3-7,10,15,17-19,23-24H,8-9,11-14,16,32H2,1-2H3,(H,35,42)(H,33,36,37). The first-order valence-corrected chi connectivity index (χ1v) is 14.8. The number of nitrogens with one attached hydrogen (secondary N) is 2. The van der Waals surface area contributed by atoms with Gasteiger partial charge in [0.25, 0.3) is 5.91 Å². The van der Waals surface area contributed by atoms with Gasteiger partial charge in [0.05, 0.1) is 17.4 Å². The molecule has 11 heteroatoms. The number of amides is 1. The Kier molecular flexibility index (Phi) is 6.73. The second-order valence-corrected chi connectivity index (χ2v) is 11.7. The molecule has 1 aliphatic carbocycles. The maximum Gasteiger partial charge on any atom is 0.251 e. The van der Waals surface area contributed by atoms with Gasteiger partial charge in [0.1, 0.15) is 0 Å². The van der Waals surface area contributed by atoms with E-state index in [2.05, 4.69) is 40.5 Å². The van der Waals surface area contributed by atoms with Crippen molar-refractivity contribution in [2.24, 2.45) is 5.73 Å². The molecule has 0 spiro atoms. The van der Waals surface area contributed by atoms with E-state index in [0.717, 1.165) is 72.1 Å². The first kappa shape index (κ1) is 26.4. The van der Waals surface area contributed by atoms with Gasteiger partial charge in [-0.2, -0.15) is 24.7 Å². The van der Waals surface area contributed by atoms with E-state index in [1.54, 1.807) is 4.52 Å². The van der Waals surface area contributed by atoms with E-state index in [1.807, 2.05) is 53.5 Å². The summed E-state index contributed by atoms with van der Waals surface area (Å²) in [6, 6.07) is 14.4. The summed E-state index contributed by atoms with van der Waals surface area (Å²) in [5.74, 6) is 1.60. The summed E-state index contributed by atoms with van der Waals surface area (Å²) in [5.41, 5.74) is 11.6. The van der Waals surface area contributed by atoms with Crippen molar-refractivity contribution in [3.63, 3.8) is 0 Å². The Morgan fingerprint density at radius 2 is 1.88 bits per heavy atom. The normalized spacial score (nSPS) is 16.0. The zero-order valence-corrected chi connectivity index (χ0v) is 24.0. The number of anilines is 2. The van der Waals surface area contributed by atoms with Crippen LogP contribution in [0.3, 0.4) is 0 Å². The predicted octanol–water partition coefficient (Wildman–Crippen LogP) is 4.02. The van der Waals surface area contributed by atoms with Crippen LogP contribution in [0, 0.1) is 0 Å². The van der Waals surface area contributed by atoms with Crippen LogP contribution in [-0.4, -0.2) is 60.4 Å². The lowest BCUT2D eigenvalue weighted by molar-refractivity contribution is 0.0951. The summed E-state index contributed by atoms with van der Waals surface area (Å²) in [4.78, 5) is 24.7. The number of fused-ring (bicyclic) bond motifs is 2. The van der Waals surface area contributed by atoms with Gasteiger partial charge in [0.2, 0.25) is 11.9 Å². The molecule has 0 bridgehead atoms. The molecule has 4 N–H and O–H groups in total. The quantitative estimate of drug-likeness (QED) is 0.258. The molecule has 7 rings (SSSR count). The van der Waals surface area contributed by atoms with Gasteiger partial charge >= 0.3 is 0 Å². The molecule has 0 radical (unpaired) electrons. The van der Waals surface area contributed by atoms with Gasteiger partial charge in [-0.25, -0.2) is 4.68 Å². The third-order valence-corrected chi connectivity index (χ3v) is 8.18. The third-order valence-electron chi connectivity index (χ3n) is 8.18. The Morgan fingerprint density at radius 1 is 1.07 bits per heavy atom. The van der Waals surface area contributed by atoms with Crippen LogP contribution in [0.25, 0.3) is 22.2 Å². The zero-order chi connectivity index (χ0) is 28.8. The molecular weight excluding hydrogens is 528 g/mol. The summed E-state index contributed by atoms with van der Waals surface area (Å²) in [5, 5.41) is 17.0. The average molecular weight is 565 g/mol. The molecule has 0 atom stereocenters. The topological polar surface area (TPSA) is 131 Å². The van der Waals surface area contributed by atoms with Crippen LogP contribution in [-0.2, 0) is 6.54 Å². The number of para-hydroxylation sites is 1. The minimum absolute atomic E-state index is 0.0288. The van der Waals surface area contributed by atoms with E-state index in [1.165, 1.54) is 0 Å². The lowest BCUT2D eigenvalue weighted by Crippen LogP contribution is -2.40. The van der Waals surface area contributed by atoms with E-state index in [-0.39, 0.29) is 17.9 Å². The lowest BCUT2D eigenvalue weighted by Gasteiger charge is -2.30. The Bertz CT molecular complexity index is 1760. The molecule has 0 unspecified atom stereocenters. The molecule has 1 aliphatic heterocycles. The number of nitrogens with two attached hydrogens (primary N) is 1. The van der Waals surface area contributed by atoms with Gasteiger partial charge in [0, 0.05) is 54.4 Å². The number of benzene rings is 2. The summed E-state index contributed by atoms with van der Waals surface area (Å²) >= 11 is 0. The van der Waals surface area contributed by atoms with Crippen molar-refractivity contribution in [3.8, 4) is 5.69 Å². The van der Waals surface area contributed by atoms with Gasteiger partial charge in [-0.05, 0) is 61.4 Å². The third kappa shape index (κ3) is 5.16. The fourth-order valence-corrected chi connectivity index (χ4v) is 5.49. The van der Waals surface area contributed by atoms with E-state index in [0.29, 0.717) is 30.0 Å². The fourth-order valence-electron chi connectivity index (χ4n) is 5.49. The second-order valence-electron chi connectivity index (χ2n) is 11.7. The number of carbonyl (C=O) groups excluding carboxylic acids is 1. The Morgan fingerprint density at radius 3 is 2.67 bits per heavy atom. The smallest absolute Gasteiger partial charge is 0.251 e. The summed E-state index contributed by atoms with van der Waals surface area (Å²) in [7, 11) is 0. The number of piperidine rings is 1. The van der Waals surface area contributed by atoms with Crippen molar-refractivity contribution in [2.75, 3.05) is 23.3 Å². The van der Waals surface area contributed by atoms with Crippen LogP contribution in [0.5, 0.6) is 0 Å². The van der Waals surface area contributed by atoms with Crippen LogP contribution in [0.4, 0.5) is 11.9 Å².